The van der Waals surface area contributed by atoms with Crippen molar-refractivity contribution < 1.29 is 23.9 Å². The van der Waals surface area contributed by atoms with Crippen LogP contribution in [-0.4, -0.2) is 52.8 Å². The van der Waals surface area contributed by atoms with Gasteiger partial charge in [-0.25, -0.2) is 19.6 Å². The van der Waals surface area contributed by atoms with E-state index in [1.807, 2.05) is 30.3 Å². The van der Waals surface area contributed by atoms with E-state index in [1.54, 1.807) is 20.8 Å². The molecule has 2 aromatic rings. The van der Waals surface area contributed by atoms with Gasteiger partial charge in [0.15, 0.2) is 22.5 Å². The van der Waals surface area contributed by atoms with Crippen molar-refractivity contribution in [2.24, 2.45) is 0 Å². The number of unbranched alkanes of at least 4 members (excludes halogenated alkanes) is 1. The number of nitrogens with two attached hydrogens (primary N) is 2. The van der Waals surface area contributed by atoms with Crippen LogP contribution in [-0.2, 0) is 16.1 Å². The van der Waals surface area contributed by atoms with Crippen LogP contribution in [0.3, 0.4) is 0 Å². The summed E-state index contributed by atoms with van der Waals surface area (Å²) in [6, 6.07) is 8.89. The van der Waals surface area contributed by atoms with E-state index in [0.717, 1.165) is 5.56 Å². The lowest BCUT2D eigenvalue weighted by Gasteiger charge is -2.24. The summed E-state index contributed by atoms with van der Waals surface area (Å²) in [5.41, 5.74) is 11.3. The highest BCUT2D eigenvalue weighted by molar-refractivity contribution is 6.31. The molecular formula is C24H34ClN7O5. The maximum absolute atomic E-state index is 12.6. The first-order chi connectivity index (χ1) is 17.4. The SMILES string of the molecule is CC(C)(C)OC(=O)N[C@@H](CCCCNC(=O)OCc1ccccc1)CNC(=O)c1nc(Cl)c(N)nc1N. The number of carbonyl (C=O) groups excluding carboxylic acids is 3. The molecule has 1 aromatic carbocycles. The number of nitrogen functional groups attached to an aromatic ring is 2. The molecule has 1 atom stereocenters. The van der Waals surface area contributed by atoms with Gasteiger partial charge < -0.3 is 36.9 Å². The quantitative estimate of drug-likeness (QED) is 0.270. The van der Waals surface area contributed by atoms with Crippen molar-refractivity contribution in [2.45, 2.75) is 58.3 Å². The second-order valence-corrected chi connectivity index (χ2v) is 9.53. The zero-order chi connectivity index (χ0) is 27.4. The Morgan fingerprint density at radius 3 is 2.38 bits per heavy atom. The normalized spacial score (nSPS) is 11.8. The number of aromatic nitrogens is 2. The van der Waals surface area contributed by atoms with Gasteiger partial charge in [-0.3, -0.25) is 4.79 Å². The summed E-state index contributed by atoms with van der Waals surface area (Å²) in [5.74, 6) is -0.871. The second-order valence-electron chi connectivity index (χ2n) is 9.17. The van der Waals surface area contributed by atoms with Gasteiger partial charge >= 0.3 is 12.2 Å². The average molecular weight is 536 g/mol. The zero-order valence-corrected chi connectivity index (χ0v) is 21.9. The molecule has 0 spiro atoms. The summed E-state index contributed by atoms with van der Waals surface area (Å²) < 4.78 is 10.5. The number of hydrogen-bond donors (Lipinski definition) is 5. The molecule has 2 rings (SSSR count). The number of halogens is 1. The molecule has 0 aliphatic carbocycles. The highest BCUT2D eigenvalue weighted by Crippen LogP contribution is 2.17. The van der Waals surface area contributed by atoms with E-state index in [4.69, 9.17) is 32.5 Å². The Bertz CT molecular complexity index is 1060. The van der Waals surface area contributed by atoms with E-state index in [2.05, 4.69) is 25.9 Å². The fourth-order valence-corrected chi connectivity index (χ4v) is 3.21. The molecule has 0 unspecified atom stereocenters. The Morgan fingerprint density at radius 2 is 1.70 bits per heavy atom. The summed E-state index contributed by atoms with van der Waals surface area (Å²) >= 11 is 5.85. The molecule has 0 saturated carbocycles. The lowest BCUT2D eigenvalue weighted by Crippen LogP contribution is -2.45. The molecule has 202 valence electrons. The Morgan fingerprint density at radius 1 is 1.00 bits per heavy atom. The highest BCUT2D eigenvalue weighted by atomic mass is 35.5. The number of nitrogens with one attached hydrogen (secondary N) is 3. The van der Waals surface area contributed by atoms with Gasteiger partial charge in [0, 0.05) is 19.1 Å². The van der Waals surface area contributed by atoms with E-state index in [1.165, 1.54) is 0 Å². The van der Waals surface area contributed by atoms with E-state index in [-0.39, 0.29) is 35.6 Å². The number of nitrogens with zero attached hydrogens (tertiary/aromatic N) is 2. The molecule has 0 aliphatic heterocycles. The number of ether oxygens (including phenoxy) is 2. The van der Waals surface area contributed by atoms with Crippen molar-refractivity contribution in [1.82, 2.24) is 25.9 Å². The molecule has 0 saturated heterocycles. The van der Waals surface area contributed by atoms with Crippen molar-refractivity contribution in [3.8, 4) is 0 Å². The van der Waals surface area contributed by atoms with Crippen LogP contribution in [0, 0.1) is 0 Å². The topological polar surface area (TPSA) is 184 Å². The molecule has 7 N–H and O–H groups in total. The van der Waals surface area contributed by atoms with Crippen LogP contribution in [0.25, 0.3) is 0 Å². The van der Waals surface area contributed by atoms with Crippen LogP contribution in [0.4, 0.5) is 21.2 Å². The first-order valence-corrected chi connectivity index (χ1v) is 12.1. The van der Waals surface area contributed by atoms with Gasteiger partial charge in [0.2, 0.25) is 0 Å². The molecule has 0 radical (unpaired) electrons. The third-order valence-electron chi connectivity index (χ3n) is 4.81. The number of rotatable bonds is 11. The van der Waals surface area contributed by atoms with Gasteiger partial charge in [-0.05, 0) is 45.6 Å². The van der Waals surface area contributed by atoms with Crippen molar-refractivity contribution in [1.29, 1.82) is 0 Å². The average Bonchev–Trinajstić information content (AvgIpc) is 2.82. The second kappa shape index (κ2) is 14.1. The molecule has 3 amide bonds. The summed E-state index contributed by atoms with van der Waals surface area (Å²) in [7, 11) is 0. The summed E-state index contributed by atoms with van der Waals surface area (Å²) in [6.07, 6.45) is 0.603. The molecule has 13 heteroatoms. The van der Waals surface area contributed by atoms with Crippen LogP contribution >= 0.6 is 11.6 Å². The van der Waals surface area contributed by atoms with Crippen molar-refractivity contribution >= 4 is 41.3 Å². The lowest BCUT2D eigenvalue weighted by molar-refractivity contribution is 0.0498. The van der Waals surface area contributed by atoms with Gasteiger partial charge in [-0.1, -0.05) is 41.9 Å². The van der Waals surface area contributed by atoms with Crippen LogP contribution in [0.1, 0.15) is 56.1 Å². The van der Waals surface area contributed by atoms with Crippen molar-refractivity contribution in [3.05, 3.63) is 46.7 Å². The Hall–Kier alpha value is -3.80. The highest BCUT2D eigenvalue weighted by Gasteiger charge is 2.21. The van der Waals surface area contributed by atoms with Crippen LogP contribution in [0.5, 0.6) is 0 Å². The summed E-state index contributed by atoms with van der Waals surface area (Å²) in [5, 5.41) is 7.97. The van der Waals surface area contributed by atoms with E-state index in [9.17, 15) is 14.4 Å². The summed E-state index contributed by atoms with van der Waals surface area (Å²) in [4.78, 5) is 44.4. The zero-order valence-electron chi connectivity index (χ0n) is 21.2. The maximum atomic E-state index is 12.6. The molecule has 0 bridgehead atoms. The van der Waals surface area contributed by atoms with Gasteiger partial charge in [-0.15, -0.1) is 0 Å². The fourth-order valence-electron chi connectivity index (χ4n) is 3.09. The number of hydrogen-bond acceptors (Lipinski definition) is 9. The maximum Gasteiger partial charge on any atom is 0.407 e. The first kappa shape index (κ1) is 29.4. The van der Waals surface area contributed by atoms with Crippen LogP contribution in [0.2, 0.25) is 5.15 Å². The molecule has 0 aliphatic rings. The monoisotopic (exact) mass is 535 g/mol. The minimum Gasteiger partial charge on any atom is -0.445 e. The predicted octanol–water partition coefficient (Wildman–Crippen LogP) is 3.01. The van der Waals surface area contributed by atoms with E-state index in [0.29, 0.717) is 25.8 Å². The van der Waals surface area contributed by atoms with Crippen molar-refractivity contribution in [3.63, 3.8) is 0 Å². The molecular weight excluding hydrogens is 502 g/mol. The molecule has 1 aromatic heterocycles. The van der Waals surface area contributed by atoms with Crippen molar-refractivity contribution in [2.75, 3.05) is 24.6 Å². The molecule has 0 fully saturated rings. The van der Waals surface area contributed by atoms with E-state index < -0.39 is 29.7 Å². The smallest absolute Gasteiger partial charge is 0.407 e. The predicted molar refractivity (Wildman–Crippen MR) is 140 cm³/mol. The first-order valence-electron chi connectivity index (χ1n) is 11.8. The molecule has 1 heterocycles. The third-order valence-corrected chi connectivity index (χ3v) is 5.09. The van der Waals surface area contributed by atoms with Gasteiger partial charge in [0.05, 0.1) is 0 Å². The molecule has 12 nitrogen and oxygen atoms in total. The number of carbonyl (C=O) groups is 3. The minimum absolute atomic E-state index is 0.0632. The molecule has 37 heavy (non-hydrogen) atoms. The number of anilines is 2. The largest absolute Gasteiger partial charge is 0.445 e. The number of benzene rings is 1. The van der Waals surface area contributed by atoms with Gasteiger partial charge in [0.1, 0.15) is 12.2 Å². The number of alkyl carbamates (subject to hydrolysis) is 2. The van der Waals surface area contributed by atoms with E-state index >= 15 is 0 Å². The van der Waals surface area contributed by atoms with Gasteiger partial charge in [0.25, 0.3) is 5.91 Å². The summed E-state index contributed by atoms with van der Waals surface area (Å²) in [6.45, 7) is 5.87. The third kappa shape index (κ3) is 11.2. The Balaban J connectivity index is 1.83. The van der Waals surface area contributed by atoms with Crippen LogP contribution < -0.4 is 27.4 Å². The van der Waals surface area contributed by atoms with Crippen LogP contribution in [0.15, 0.2) is 30.3 Å². The van der Waals surface area contributed by atoms with Gasteiger partial charge in [-0.2, -0.15) is 0 Å². The fraction of sp³-hybridized carbons (Fsp3) is 0.458. The lowest BCUT2D eigenvalue weighted by atomic mass is 10.1. The minimum atomic E-state index is -0.688. The standard InChI is InChI=1S/C24H34ClN7O5/c1-24(2,3)37-23(35)30-16(13-29-21(33)17-19(26)32-20(27)18(25)31-17)11-7-8-12-28-22(34)36-14-15-9-5-4-6-10-15/h4-6,9-10,16H,7-8,11-14H2,1-3H3,(H,28,34)(H,29,33)(H,30,35)(H4,26,27,32)/t16-/m0/s1. The Kier molecular flexibility index (Phi) is 11.2. The number of amides is 3. The Labute approximate surface area is 220 Å².